The van der Waals surface area contributed by atoms with Gasteiger partial charge in [-0.1, -0.05) is 31.5 Å². The van der Waals surface area contributed by atoms with E-state index in [4.69, 9.17) is 18.4 Å². The van der Waals surface area contributed by atoms with Crippen molar-refractivity contribution in [2.75, 3.05) is 6.61 Å². The highest BCUT2D eigenvalue weighted by Crippen LogP contribution is 2.34. The second kappa shape index (κ2) is 9.02. The summed E-state index contributed by atoms with van der Waals surface area (Å²) in [5.41, 5.74) is 0.928. The summed E-state index contributed by atoms with van der Waals surface area (Å²) in [6, 6.07) is 6.30. The van der Waals surface area contributed by atoms with Crippen molar-refractivity contribution in [2.45, 2.75) is 58.0 Å². The van der Waals surface area contributed by atoms with Gasteiger partial charge in [-0.15, -0.1) is 0 Å². The Hall–Kier alpha value is -1.97. The smallest absolute Gasteiger partial charge is 0.305 e. The van der Waals surface area contributed by atoms with Crippen LogP contribution in [-0.4, -0.2) is 45.5 Å². The zero-order valence-electron chi connectivity index (χ0n) is 16.6. The Bertz CT molecular complexity index is 802. The third-order valence-corrected chi connectivity index (χ3v) is 6.09. The molecular formula is C19H26O8S. The lowest BCUT2D eigenvalue weighted by molar-refractivity contribution is -0.269. The molecule has 9 heteroatoms. The van der Waals surface area contributed by atoms with E-state index in [9.17, 15) is 18.0 Å². The Morgan fingerprint density at radius 2 is 1.57 bits per heavy atom. The molecule has 0 amide bonds. The second-order valence-corrected chi connectivity index (χ2v) is 8.61. The molecule has 1 heterocycles. The molecule has 1 saturated heterocycles. The quantitative estimate of drug-likeness (QED) is 0.515. The van der Waals surface area contributed by atoms with Crippen LogP contribution in [0, 0.1) is 18.8 Å². The van der Waals surface area contributed by atoms with Gasteiger partial charge in [0.25, 0.3) is 10.1 Å². The Labute approximate surface area is 165 Å². The molecule has 0 saturated carbocycles. The molecule has 0 bridgehead atoms. The molecule has 5 atom stereocenters. The van der Waals surface area contributed by atoms with E-state index in [1.54, 1.807) is 12.1 Å². The van der Waals surface area contributed by atoms with Gasteiger partial charge in [0, 0.05) is 19.8 Å². The van der Waals surface area contributed by atoms with Crippen LogP contribution in [0.4, 0.5) is 0 Å². The minimum atomic E-state index is -3.96. The zero-order valence-corrected chi connectivity index (χ0v) is 17.4. The molecule has 8 nitrogen and oxygen atoms in total. The first-order valence-electron chi connectivity index (χ1n) is 8.97. The van der Waals surface area contributed by atoms with Gasteiger partial charge in [0.2, 0.25) is 6.29 Å². The standard InChI is InChI=1S/C19H26O8S/c1-11-6-8-16(9-7-11)28(22,23)24-10-17-12(2)13(3)18(25-14(4)20)19(27-17)26-15(5)21/h6-9,12-13,17-19H,10H2,1-5H3/t12-,13+,17?,18?,19?/m1/s1. The lowest BCUT2D eigenvalue weighted by Crippen LogP contribution is -2.53. The molecule has 0 aromatic heterocycles. The van der Waals surface area contributed by atoms with E-state index in [2.05, 4.69) is 0 Å². The molecule has 156 valence electrons. The number of hydrogen-bond acceptors (Lipinski definition) is 8. The van der Waals surface area contributed by atoms with E-state index in [-0.39, 0.29) is 23.3 Å². The fourth-order valence-electron chi connectivity index (χ4n) is 2.99. The minimum Gasteiger partial charge on any atom is -0.456 e. The van der Waals surface area contributed by atoms with Crippen molar-refractivity contribution in [2.24, 2.45) is 11.8 Å². The molecule has 3 unspecified atom stereocenters. The normalized spacial score (nSPS) is 27.8. The van der Waals surface area contributed by atoms with E-state index in [1.165, 1.54) is 26.0 Å². The summed E-state index contributed by atoms with van der Waals surface area (Å²) in [4.78, 5) is 22.8. The molecular weight excluding hydrogens is 388 g/mol. The first kappa shape index (κ1) is 22.3. The fourth-order valence-corrected chi connectivity index (χ4v) is 3.91. The third kappa shape index (κ3) is 5.52. The van der Waals surface area contributed by atoms with Crippen LogP contribution in [0.15, 0.2) is 29.2 Å². The van der Waals surface area contributed by atoms with Crippen molar-refractivity contribution in [3.63, 3.8) is 0 Å². The highest BCUT2D eigenvalue weighted by atomic mass is 32.2. The average Bonchev–Trinajstić information content (AvgIpc) is 2.60. The van der Waals surface area contributed by atoms with Gasteiger partial charge in [0.1, 0.15) is 0 Å². The highest BCUT2D eigenvalue weighted by molar-refractivity contribution is 7.86. The van der Waals surface area contributed by atoms with Gasteiger partial charge < -0.3 is 14.2 Å². The lowest BCUT2D eigenvalue weighted by Gasteiger charge is -2.42. The van der Waals surface area contributed by atoms with Crippen molar-refractivity contribution in [1.29, 1.82) is 0 Å². The van der Waals surface area contributed by atoms with E-state index >= 15 is 0 Å². The van der Waals surface area contributed by atoms with E-state index in [1.807, 2.05) is 20.8 Å². The number of carbonyl (C=O) groups excluding carboxylic acids is 2. The first-order valence-corrected chi connectivity index (χ1v) is 10.4. The number of hydrogen-bond donors (Lipinski definition) is 0. The SMILES string of the molecule is CC(=O)OC1OC(COS(=O)(=O)c2ccc(C)cc2)[C@H](C)[C@H](C)C1OC(C)=O. The molecule has 28 heavy (non-hydrogen) atoms. The summed E-state index contributed by atoms with van der Waals surface area (Å²) in [5.74, 6) is -1.60. The van der Waals surface area contributed by atoms with Crippen molar-refractivity contribution in [1.82, 2.24) is 0 Å². The van der Waals surface area contributed by atoms with Crippen LogP contribution in [0.1, 0.15) is 33.3 Å². The van der Waals surface area contributed by atoms with Gasteiger partial charge in [0.15, 0.2) is 6.10 Å². The Kier molecular flexibility index (Phi) is 7.19. The van der Waals surface area contributed by atoms with Gasteiger partial charge >= 0.3 is 11.9 Å². The molecule has 0 N–H and O–H groups in total. The van der Waals surface area contributed by atoms with Gasteiger partial charge in [-0.2, -0.15) is 8.42 Å². The summed E-state index contributed by atoms with van der Waals surface area (Å²) in [6.07, 6.45) is -2.60. The molecule has 0 spiro atoms. The van der Waals surface area contributed by atoms with Crippen LogP contribution >= 0.6 is 0 Å². The van der Waals surface area contributed by atoms with Gasteiger partial charge in [0.05, 0.1) is 17.6 Å². The van der Waals surface area contributed by atoms with Crippen LogP contribution < -0.4 is 0 Å². The van der Waals surface area contributed by atoms with Crippen LogP contribution in [0.3, 0.4) is 0 Å². The van der Waals surface area contributed by atoms with E-state index in [0.717, 1.165) is 5.56 Å². The van der Waals surface area contributed by atoms with Crippen molar-refractivity contribution in [3.8, 4) is 0 Å². The van der Waals surface area contributed by atoms with Gasteiger partial charge in [-0.05, 0) is 25.0 Å². The maximum Gasteiger partial charge on any atom is 0.305 e. The Morgan fingerprint density at radius 3 is 2.11 bits per heavy atom. The van der Waals surface area contributed by atoms with Crippen molar-refractivity contribution in [3.05, 3.63) is 29.8 Å². The van der Waals surface area contributed by atoms with Crippen LogP contribution in [0.5, 0.6) is 0 Å². The molecule has 1 aromatic carbocycles. The minimum absolute atomic E-state index is 0.0453. The molecule has 1 fully saturated rings. The van der Waals surface area contributed by atoms with E-state index in [0.29, 0.717) is 0 Å². The van der Waals surface area contributed by atoms with Gasteiger partial charge in [-0.25, -0.2) is 0 Å². The molecule has 0 radical (unpaired) electrons. The largest absolute Gasteiger partial charge is 0.456 e. The Balaban J connectivity index is 2.13. The van der Waals surface area contributed by atoms with Crippen LogP contribution in [0.25, 0.3) is 0 Å². The fraction of sp³-hybridized carbons (Fsp3) is 0.579. The summed E-state index contributed by atoms with van der Waals surface area (Å²) in [6.45, 7) is 7.71. The number of rotatable bonds is 6. The number of aryl methyl sites for hydroxylation is 1. The van der Waals surface area contributed by atoms with Crippen molar-refractivity contribution >= 4 is 22.1 Å². The number of benzene rings is 1. The first-order chi connectivity index (χ1) is 13.0. The zero-order chi connectivity index (χ0) is 21.1. The molecule has 1 aliphatic heterocycles. The second-order valence-electron chi connectivity index (χ2n) is 7.00. The Morgan fingerprint density at radius 1 is 1.00 bits per heavy atom. The number of esters is 2. The summed E-state index contributed by atoms with van der Waals surface area (Å²) in [5, 5.41) is 0. The summed E-state index contributed by atoms with van der Waals surface area (Å²) >= 11 is 0. The summed E-state index contributed by atoms with van der Waals surface area (Å²) in [7, 11) is -3.96. The predicted octanol–water partition coefficient (Wildman–Crippen LogP) is 2.19. The topological polar surface area (TPSA) is 105 Å². The summed E-state index contributed by atoms with van der Waals surface area (Å²) < 4.78 is 46.1. The van der Waals surface area contributed by atoms with Crippen LogP contribution in [-0.2, 0) is 38.1 Å². The van der Waals surface area contributed by atoms with Crippen molar-refractivity contribution < 1.29 is 36.4 Å². The number of carbonyl (C=O) groups is 2. The predicted molar refractivity (Wildman–Crippen MR) is 98.6 cm³/mol. The maximum atomic E-state index is 12.4. The van der Waals surface area contributed by atoms with E-state index < -0.39 is 40.6 Å². The maximum absolute atomic E-state index is 12.4. The molecule has 1 aromatic rings. The monoisotopic (exact) mass is 414 g/mol. The third-order valence-electron chi connectivity index (χ3n) is 4.79. The molecule has 0 aliphatic carbocycles. The number of ether oxygens (including phenoxy) is 3. The molecule has 2 rings (SSSR count). The highest BCUT2D eigenvalue weighted by Gasteiger charge is 2.45. The van der Waals surface area contributed by atoms with Gasteiger partial charge in [-0.3, -0.25) is 13.8 Å². The molecule has 1 aliphatic rings. The average molecular weight is 414 g/mol. The van der Waals surface area contributed by atoms with Crippen LogP contribution in [0.2, 0.25) is 0 Å². The lowest BCUT2D eigenvalue weighted by atomic mass is 9.83.